The first-order chi connectivity index (χ1) is 15.2. The van der Waals surface area contributed by atoms with Crippen molar-refractivity contribution in [3.8, 4) is 5.82 Å². The lowest BCUT2D eigenvalue weighted by Crippen LogP contribution is -2.49. The summed E-state index contributed by atoms with van der Waals surface area (Å²) in [6.45, 7) is 0. The van der Waals surface area contributed by atoms with Gasteiger partial charge in [0.15, 0.2) is 4.87 Å². The average Bonchev–Trinajstić information content (AvgIpc) is 3.47. The smallest absolute Gasteiger partial charge is 0.261 e. The van der Waals surface area contributed by atoms with E-state index in [1.54, 1.807) is 17.4 Å². The Balaban J connectivity index is 1.28. The third kappa shape index (κ3) is 2.68. The van der Waals surface area contributed by atoms with E-state index in [9.17, 15) is 9.59 Å². The van der Waals surface area contributed by atoms with Crippen LogP contribution in [0.15, 0.2) is 78.1 Å². The van der Waals surface area contributed by atoms with E-state index in [0.29, 0.717) is 24.3 Å². The summed E-state index contributed by atoms with van der Waals surface area (Å²) in [5.41, 5.74) is 3.25. The topological polar surface area (TPSA) is 80.1 Å². The molecule has 1 atom stereocenters. The number of fused-ring (bicyclic) bond motifs is 4. The number of benzene rings is 2. The number of hydrogen-bond donors (Lipinski definition) is 1. The minimum absolute atomic E-state index is 0.0203. The molecule has 6 rings (SSSR count). The average molecular weight is 427 g/mol. The molecule has 0 aliphatic carbocycles. The van der Waals surface area contributed by atoms with Gasteiger partial charge in [0.2, 0.25) is 5.91 Å². The van der Waals surface area contributed by atoms with Crippen LogP contribution >= 0.6 is 11.8 Å². The second-order valence-corrected chi connectivity index (χ2v) is 8.87. The molecule has 0 radical (unpaired) electrons. The molecule has 1 unspecified atom stereocenters. The molecular formula is C23H17N5O2S. The van der Waals surface area contributed by atoms with Crippen molar-refractivity contribution in [2.75, 3.05) is 10.2 Å². The van der Waals surface area contributed by atoms with Crippen molar-refractivity contribution in [1.29, 1.82) is 0 Å². The summed E-state index contributed by atoms with van der Waals surface area (Å²) in [5, 5.41) is 2.97. The Morgan fingerprint density at radius 2 is 1.87 bits per heavy atom. The Morgan fingerprint density at radius 1 is 1.03 bits per heavy atom. The fourth-order valence-corrected chi connectivity index (χ4v) is 5.69. The molecule has 8 heteroatoms. The number of para-hydroxylation sites is 3. The number of rotatable bonds is 3. The molecule has 0 saturated carbocycles. The zero-order valence-electron chi connectivity index (χ0n) is 16.4. The van der Waals surface area contributed by atoms with Crippen LogP contribution in [-0.2, 0) is 9.59 Å². The molecule has 1 N–H and O–H groups in total. The molecule has 2 aromatic heterocycles. The number of aromatic nitrogens is 3. The molecule has 1 fully saturated rings. The highest BCUT2D eigenvalue weighted by Crippen LogP contribution is 2.56. The van der Waals surface area contributed by atoms with Crippen molar-refractivity contribution in [3.05, 3.63) is 73.2 Å². The van der Waals surface area contributed by atoms with Gasteiger partial charge in [-0.15, -0.1) is 0 Å². The zero-order chi connectivity index (χ0) is 21.0. The van der Waals surface area contributed by atoms with Gasteiger partial charge in [0.1, 0.15) is 12.1 Å². The molecule has 4 aromatic rings. The minimum atomic E-state index is -0.944. The lowest BCUT2D eigenvalue weighted by Gasteiger charge is -2.29. The standard InChI is InChI=1S/C23H17N5O2S/c29-21-11-12-23(28(21)18-7-3-4-8-19(18)31-23)22(30)26-15-9-10-20(24-13-15)27-14-25-16-5-1-2-6-17(16)27/h1-10,13-14H,11-12H2,(H,26,30). The third-order valence-electron chi connectivity index (χ3n) is 5.73. The van der Waals surface area contributed by atoms with Crippen LogP contribution < -0.4 is 10.2 Å². The molecule has 7 nitrogen and oxygen atoms in total. The minimum Gasteiger partial charge on any atom is -0.322 e. The molecule has 2 amide bonds. The van der Waals surface area contributed by atoms with E-state index < -0.39 is 4.87 Å². The molecule has 0 bridgehead atoms. The van der Waals surface area contributed by atoms with Crippen molar-refractivity contribution < 1.29 is 9.59 Å². The number of anilines is 2. The highest BCUT2D eigenvalue weighted by Gasteiger charge is 2.57. The van der Waals surface area contributed by atoms with Crippen LogP contribution in [0.25, 0.3) is 16.9 Å². The predicted molar refractivity (Wildman–Crippen MR) is 119 cm³/mol. The van der Waals surface area contributed by atoms with E-state index in [2.05, 4.69) is 15.3 Å². The maximum Gasteiger partial charge on any atom is 0.261 e. The highest BCUT2D eigenvalue weighted by molar-refractivity contribution is 8.02. The van der Waals surface area contributed by atoms with Gasteiger partial charge in [-0.1, -0.05) is 36.0 Å². The first-order valence-corrected chi connectivity index (χ1v) is 10.8. The number of nitrogens with zero attached hydrogens (tertiary/aromatic N) is 4. The van der Waals surface area contributed by atoms with E-state index in [1.165, 1.54) is 11.8 Å². The van der Waals surface area contributed by atoms with Gasteiger partial charge in [0.05, 0.1) is 28.6 Å². The second kappa shape index (κ2) is 6.68. The van der Waals surface area contributed by atoms with Crippen molar-refractivity contribution in [2.45, 2.75) is 22.6 Å². The maximum absolute atomic E-state index is 13.4. The fourth-order valence-electron chi connectivity index (χ4n) is 4.27. The molecule has 0 spiro atoms. The lowest BCUT2D eigenvalue weighted by molar-refractivity contribution is -0.121. The Hall–Kier alpha value is -3.65. The zero-order valence-corrected chi connectivity index (χ0v) is 17.2. The number of carbonyl (C=O) groups excluding carboxylic acids is 2. The van der Waals surface area contributed by atoms with Crippen molar-refractivity contribution in [2.24, 2.45) is 0 Å². The van der Waals surface area contributed by atoms with Gasteiger partial charge in [-0.2, -0.15) is 0 Å². The van der Waals surface area contributed by atoms with Gasteiger partial charge in [0.25, 0.3) is 5.91 Å². The van der Waals surface area contributed by atoms with Crippen LogP contribution in [-0.4, -0.2) is 31.2 Å². The van der Waals surface area contributed by atoms with E-state index in [-0.39, 0.29) is 11.8 Å². The number of carbonyl (C=O) groups is 2. The Bertz CT molecular complexity index is 1350. The number of amides is 2. The highest BCUT2D eigenvalue weighted by atomic mass is 32.2. The van der Waals surface area contributed by atoms with E-state index in [1.807, 2.05) is 65.2 Å². The Morgan fingerprint density at radius 3 is 2.74 bits per heavy atom. The van der Waals surface area contributed by atoms with Crippen LogP contribution in [0.4, 0.5) is 11.4 Å². The third-order valence-corrected chi connectivity index (χ3v) is 7.21. The fraction of sp³-hybridized carbons (Fsp3) is 0.130. The second-order valence-electron chi connectivity index (χ2n) is 7.55. The summed E-state index contributed by atoms with van der Waals surface area (Å²) in [5.74, 6) is 0.486. The van der Waals surface area contributed by atoms with Crippen LogP contribution in [0, 0.1) is 0 Å². The van der Waals surface area contributed by atoms with Crippen molar-refractivity contribution in [1.82, 2.24) is 14.5 Å². The van der Waals surface area contributed by atoms with Gasteiger partial charge in [-0.05, 0) is 42.8 Å². The first kappa shape index (κ1) is 18.1. The largest absolute Gasteiger partial charge is 0.322 e. The molecule has 4 heterocycles. The molecule has 2 aromatic carbocycles. The van der Waals surface area contributed by atoms with Crippen LogP contribution in [0.3, 0.4) is 0 Å². The van der Waals surface area contributed by atoms with Gasteiger partial charge < -0.3 is 5.32 Å². The summed E-state index contributed by atoms with van der Waals surface area (Å²) in [6.07, 6.45) is 4.20. The van der Waals surface area contributed by atoms with Crippen molar-refractivity contribution in [3.63, 3.8) is 0 Å². The number of hydrogen-bond acceptors (Lipinski definition) is 5. The summed E-state index contributed by atoms with van der Waals surface area (Å²) >= 11 is 1.45. The van der Waals surface area contributed by atoms with Crippen molar-refractivity contribution >= 4 is 46.0 Å². The SMILES string of the molecule is O=C1CCC2(C(=O)Nc3ccc(-n4cnc5ccccc54)nc3)Sc3ccccc3N12. The van der Waals surface area contributed by atoms with Gasteiger partial charge in [0, 0.05) is 11.3 Å². The molecule has 1 saturated heterocycles. The Kier molecular flexibility index (Phi) is 3.91. The van der Waals surface area contributed by atoms with Crippen LogP contribution in [0.2, 0.25) is 0 Å². The van der Waals surface area contributed by atoms with Crippen LogP contribution in [0.1, 0.15) is 12.8 Å². The van der Waals surface area contributed by atoms with E-state index in [4.69, 9.17) is 0 Å². The normalized spacial score (nSPS) is 19.5. The molecule has 31 heavy (non-hydrogen) atoms. The van der Waals surface area contributed by atoms with Gasteiger partial charge in [-0.3, -0.25) is 19.1 Å². The molecule has 152 valence electrons. The monoisotopic (exact) mass is 427 g/mol. The number of thioether (sulfide) groups is 1. The Labute approximate surface area is 182 Å². The number of nitrogens with one attached hydrogen (secondary N) is 1. The lowest BCUT2D eigenvalue weighted by atomic mass is 10.1. The number of pyridine rings is 1. The molecule has 2 aliphatic rings. The summed E-state index contributed by atoms with van der Waals surface area (Å²) in [7, 11) is 0. The number of imidazole rings is 1. The summed E-state index contributed by atoms with van der Waals surface area (Å²) in [4.78, 5) is 36.5. The molecular weight excluding hydrogens is 410 g/mol. The summed E-state index contributed by atoms with van der Waals surface area (Å²) < 4.78 is 1.90. The van der Waals surface area contributed by atoms with E-state index in [0.717, 1.165) is 21.6 Å². The quantitative estimate of drug-likeness (QED) is 0.535. The molecule has 2 aliphatic heterocycles. The maximum atomic E-state index is 13.4. The summed E-state index contributed by atoms with van der Waals surface area (Å²) in [6, 6.07) is 19.2. The first-order valence-electron chi connectivity index (χ1n) is 9.97. The van der Waals surface area contributed by atoms with Gasteiger partial charge >= 0.3 is 0 Å². The van der Waals surface area contributed by atoms with Crippen LogP contribution in [0.5, 0.6) is 0 Å². The van der Waals surface area contributed by atoms with E-state index >= 15 is 0 Å². The van der Waals surface area contributed by atoms with Gasteiger partial charge in [-0.25, -0.2) is 9.97 Å². The predicted octanol–water partition coefficient (Wildman–Crippen LogP) is 3.99.